The third-order valence-electron chi connectivity index (χ3n) is 3.77. The second-order valence-electron chi connectivity index (χ2n) is 5.27. The lowest BCUT2D eigenvalue weighted by atomic mass is 10.1. The van der Waals surface area contributed by atoms with Crippen molar-refractivity contribution in [2.45, 2.75) is 6.42 Å². The molecule has 1 aromatic heterocycles. The summed E-state index contributed by atoms with van der Waals surface area (Å²) in [6.07, 6.45) is 4.22. The summed E-state index contributed by atoms with van der Waals surface area (Å²) < 4.78 is 22.9. The molecule has 0 aliphatic carbocycles. The molecule has 2 heterocycles. The molecule has 1 atom stereocenters. The highest BCUT2D eigenvalue weighted by Gasteiger charge is 2.27. The van der Waals surface area contributed by atoms with Crippen LogP contribution >= 0.6 is 0 Å². The van der Waals surface area contributed by atoms with Gasteiger partial charge in [-0.15, -0.1) is 0 Å². The Morgan fingerprint density at radius 3 is 2.95 bits per heavy atom. The Kier molecular flexibility index (Phi) is 3.25. The number of nitrogens with one attached hydrogen (secondary N) is 1. The lowest BCUT2D eigenvalue weighted by molar-refractivity contribution is 0.596. The van der Waals surface area contributed by atoms with Crippen molar-refractivity contribution in [1.82, 2.24) is 4.98 Å². The first kappa shape index (κ1) is 13.2. The fourth-order valence-corrected chi connectivity index (χ4v) is 4.50. The molecule has 0 amide bonds. The molecular weight excluding hydrogens is 274 g/mol. The molecule has 20 heavy (non-hydrogen) atoms. The van der Waals surface area contributed by atoms with Gasteiger partial charge in [-0.25, -0.2) is 8.42 Å². The molecule has 1 saturated heterocycles. The van der Waals surface area contributed by atoms with Crippen molar-refractivity contribution in [3.8, 4) is 0 Å². The Morgan fingerprint density at radius 2 is 2.20 bits per heavy atom. The number of nitrogens with zero attached hydrogens (tertiary/aromatic N) is 1. The topological polar surface area (TPSA) is 85.1 Å². The largest absolute Gasteiger partial charge is 0.397 e. The molecule has 106 valence electrons. The third-order valence-corrected chi connectivity index (χ3v) is 5.61. The number of hydrogen-bond acceptors (Lipinski definition) is 5. The summed E-state index contributed by atoms with van der Waals surface area (Å²) in [5.41, 5.74) is 7.69. The van der Waals surface area contributed by atoms with E-state index in [0.717, 1.165) is 22.9 Å². The van der Waals surface area contributed by atoms with E-state index < -0.39 is 9.84 Å². The quantitative estimate of drug-likeness (QED) is 0.840. The van der Waals surface area contributed by atoms with Gasteiger partial charge in [0, 0.05) is 29.7 Å². The Bertz CT molecular complexity index is 743. The van der Waals surface area contributed by atoms with Gasteiger partial charge in [0.05, 0.1) is 22.9 Å². The number of fused-ring (bicyclic) bond motifs is 1. The number of nitrogens with two attached hydrogens (primary N) is 1. The summed E-state index contributed by atoms with van der Waals surface area (Å²) >= 11 is 0. The standard InChI is InChI=1S/C14H17N3O2S/c15-14-12-3-5-16-8-11(12)1-2-13(14)17-7-10-4-6-20(18,19)9-10/h1-3,5,8,10,17H,4,6-7,9,15H2. The average molecular weight is 291 g/mol. The highest BCUT2D eigenvalue weighted by atomic mass is 32.2. The molecule has 1 unspecified atom stereocenters. The molecule has 5 nitrogen and oxygen atoms in total. The number of pyridine rings is 1. The maximum absolute atomic E-state index is 11.4. The SMILES string of the molecule is Nc1c(NCC2CCS(=O)(=O)C2)ccc2cnccc12. The predicted molar refractivity (Wildman–Crippen MR) is 81.4 cm³/mol. The fraction of sp³-hybridized carbons (Fsp3) is 0.357. The highest BCUT2D eigenvalue weighted by Crippen LogP contribution is 2.28. The van der Waals surface area contributed by atoms with Crippen molar-refractivity contribution in [2.75, 3.05) is 29.1 Å². The molecule has 3 N–H and O–H groups in total. The van der Waals surface area contributed by atoms with Gasteiger partial charge in [0.25, 0.3) is 0 Å². The minimum Gasteiger partial charge on any atom is -0.397 e. The van der Waals surface area contributed by atoms with Gasteiger partial charge >= 0.3 is 0 Å². The van der Waals surface area contributed by atoms with E-state index in [1.165, 1.54) is 0 Å². The number of aromatic nitrogens is 1. The second-order valence-corrected chi connectivity index (χ2v) is 7.50. The first-order valence-electron chi connectivity index (χ1n) is 6.62. The van der Waals surface area contributed by atoms with Crippen molar-refractivity contribution in [1.29, 1.82) is 0 Å². The van der Waals surface area contributed by atoms with E-state index >= 15 is 0 Å². The molecule has 6 heteroatoms. The van der Waals surface area contributed by atoms with Gasteiger partial charge in [-0.2, -0.15) is 0 Å². The molecular formula is C14H17N3O2S. The van der Waals surface area contributed by atoms with E-state index in [9.17, 15) is 8.42 Å². The molecule has 1 aliphatic heterocycles. The van der Waals surface area contributed by atoms with Crippen molar-refractivity contribution < 1.29 is 8.42 Å². The first-order chi connectivity index (χ1) is 9.55. The van der Waals surface area contributed by atoms with Crippen molar-refractivity contribution >= 4 is 32.0 Å². The number of hydrogen-bond donors (Lipinski definition) is 2. The highest BCUT2D eigenvalue weighted by molar-refractivity contribution is 7.91. The molecule has 0 saturated carbocycles. The van der Waals surface area contributed by atoms with E-state index in [-0.39, 0.29) is 11.7 Å². The lowest BCUT2D eigenvalue weighted by Gasteiger charge is -2.14. The fourth-order valence-electron chi connectivity index (χ4n) is 2.63. The number of benzene rings is 1. The Morgan fingerprint density at radius 1 is 1.35 bits per heavy atom. The van der Waals surface area contributed by atoms with Crippen LogP contribution in [0.5, 0.6) is 0 Å². The average Bonchev–Trinajstić information content (AvgIpc) is 2.78. The van der Waals surface area contributed by atoms with Crippen LogP contribution in [0.15, 0.2) is 30.6 Å². The molecule has 1 aliphatic rings. The second kappa shape index (κ2) is 4.94. The first-order valence-corrected chi connectivity index (χ1v) is 8.44. The van der Waals surface area contributed by atoms with E-state index in [0.29, 0.717) is 18.0 Å². The molecule has 1 aromatic carbocycles. The van der Waals surface area contributed by atoms with E-state index in [2.05, 4.69) is 10.3 Å². The molecule has 3 rings (SSSR count). The van der Waals surface area contributed by atoms with Gasteiger partial charge in [-0.1, -0.05) is 6.07 Å². The van der Waals surface area contributed by atoms with Gasteiger partial charge in [0.2, 0.25) is 0 Å². The number of nitrogen functional groups attached to an aromatic ring is 1. The van der Waals surface area contributed by atoms with Crippen molar-refractivity contribution in [3.63, 3.8) is 0 Å². The lowest BCUT2D eigenvalue weighted by Crippen LogP contribution is -2.16. The summed E-state index contributed by atoms with van der Waals surface area (Å²) in [7, 11) is -2.82. The summed E-state index contributed by atoms with van der Waals surface area (Å²) in [6, 6.07) is 5.77. The minimum atomic E-state index is -2.82. The molecule has 0 bridgehead atoms. The summed E-state index contributed by atoms with van der Waals surface area (Å²) in [6.45, 7) is 0.639. The molecule has 2 aromatic rings. The van der Waals surface area contributed by atoms with Crippen LogP contribution in [-0.2, 0) is 9.84 Å². The molecule has 0 radical (unpaired) electrons. The summed E-state index contributed by atoms with van der Waals surface area (Å²) in [4.78, 5) is 4.07. The third kappa shape index (κ3) is 2.56. The van der Waals surface area contributed by atoms with Crippen LogP contribution in [-0.4, -0.2) is 31.5 Å². The zero-order chi connectivity index (χ0) is 14.2. The maximum atomic E-state index is 11.4. The van der Waals surface area contributed by atoms with Gasteiger partial charge in [-0.3, -0.25) is 4.98 Å². The number of anilines is 2. The van der Waals surface area contributed by atoms with Crippen LogP contribution in [0, 0.1) is 5.92 Å². The zero-order valence-corrected chi connectivity index (χ0v) is 11.9. The number of rotatable bonds is 3. The van der Waals surface area contributed by atoms with Crippen LogP contribution in [0.1, 0.15) is 6.42 Å². The van der Waals surface area contributed by atoms with E-state index in [1.807, 2.05) is 18.2 Å². The van der Waals surface area contributed by atoms with Crippen LogP contribution in [0.3, 0.4) is 0 Å². The van der Waals surface area contributed by atoms with Gasteiger partial charge < -0.3 is 11.1 Å². The zero-order valence-electron chi connectivity index (χ0n) is 11.0. The van der Waals surface area contributed by atoms with E-state index in [4.69, 9.17) is 5.73 Å². The maximum Gasteiger partial charge on any atom is 0.150 e. The van der Waals surface area contributed by atoms with Crippen LogP contribution in [0.2, 0.25) is 0 Å². The summed E-state index contributed by atoms with van der Waals surface area (Å²) in [5, 5.41) is 5.24. The smallest absolute Gasteiger partial charge is 0.150 e. The Hall–Kier alpha value is -1.82. The normalized spacial score (nSPS) is 21.1. The number of sulfone groups is 1. The van der Waals surface area contributed by atoms with Crippen molar-refractivity contribution in [3.05, 3.63) is 30.6 Å². The summed E-state index contributed by atoms with van der Waals surface area (Å²) in [5.74, 6) is 0.753. The van der Waals surface area contributed by atoms with Crippen molar-refractivity contribution in [2.24, 2.45) is 5.92 Å². The van der Waals surface area contributed by atoms with Crippen LogP contribution in [0.25, 0.3) is 10.8 Å². The minimum absolute atomic E-state index is 0.174. The van der Waals surface area contributed by atoms with Gasteiger partial charge in [0.1, 0.15) is 0 Å². The van der Waals surface area contributed by atoms with Crippen LogP contribution in [0.4, 0.5) is 11.4 Å². The van der Waals surface area contributed by atoms with Crippen LogP contribution < -0.4 is 11.1 Å². The van der Waals surface area contributed by atoms with E-state index in [1.54, 1.807) is 12.4 Å². The molecule has 1 fully saturated rings. The Labute approximate surface area is 118 Å². The monoisotopic (exact) mass is 291 g/mol. The molecule has 0 spiro atoms. The Balaban J connectivity index is 1.77. The predicted octanol–water partition coefficient (Wildman–Crippen LogP) is 1.66. The van der Waals surface area contributed by atoms with Gasteiger partial charge in [-0.05, 0) is 24.5 Å². The van der Waals surface area contributed by atoms with Gasteiger partial charge in [0.15, 0.2) is 9.84 Å².